The van der Waals surface area contributed by atoms with Crippen LogP contribution < -0.4 is 0 Å². The second kappa shape index (κ2) is 6.92. The summed E-state index contributed by atoms with van der Waals surface area (Å²) in [5.41, 5.74) is 1.07. The van der Waals surface area contributed by atoms with Crippen LogP contribution in [0.1, 0.15) is 25.8 Å². The van der Waals surface area contributed by atoms with Gasteiger partial charge in [0.1, 0.15) is 0 Å². The topological polar surface area (TPSA) is 29.5 Å². The van der Waals surface area contributed by atoms with Crippen LogP contribution in [0.15, 0.2) is 48.7 Å². The molecule has 0 heterocycles. The van der Waals surface area contributed by atoms with Crippen molar-refractivity contribution in [2.24, 2.45) is 0 Å². The van der Waals surface area contributed by atoms with E-state index in [-0.39, 0.29) is 6.10 Å². The molecule has 0 aromatic heterocycles. The lowest BCUT2D eigenvalue weighted by molar-refractivity contribution is 0.117. The van der Waals surface area contributed by atoms with Gasteiger partial charge in [-0.1, -0.05) is 49.1 Å². The van der Waals surface area contributed by atoms with Crippen LogP contribution in [0, 0.1) is 0 Å². The van der Waals surface area contributed by atoms with Gasteiger partial charge in [0.25, 0.3) is 0 Å². The van der Waals surface area contributed by atoms with Crippen LogP contribution >= 0.6 is 0 Å². The summed E-state index contributed by atoms with van der Waals surface area (Å²) in [4.78, 5) is 0. The van der Waals surface area contributed by atoms with E-state index in [0.717, 1.165) is 5.56 Å². The quantitative estimate of drug-likeness (QED) is 0.762. The molecule has 1 atom stereocenters. The standard InChI is InChI=1S/C15H20O2/c1-12(2)17-13(3)11-15(16)10-9-14-7-5-4-6-8-14/h4-10,12,15-16H,3,11H2,1-2H3/b10-9+. The molecule has 2 nitrogen and oxygen atoms in total. The van der Waals surface area contributed by atoms with Crippen molar-refractivity contribution >= 4 is 6.08 Å². The molecule has 0 bridgehead atoms. The number of rotatable bonds is 6. The Bertz CT molecular complexity index is 366. The van der Waals surface area contributed by atoms with Crippen molar-refractivity contribution in [3.63, 3.8) is 0 Å². The molecule has 1 rings (SSSR count). The van der Waals surface area contributed by atoms with Crippen LogP contribution in [0.4, 0.5) is 0 Å². The van der Waals surface area contributed by atoms with E-state index < -0.39 is 6.10 Å². The number of hydrogen-bond donors (Lipinski definition) is 1. The molecule has 1 aromatic carbocycles. The lowest BCUT2D eigenvalue weighted by atomic mass is 10.1. The SMILES string of the molecule is C=C(CC(O)/C=C/c1ccccc1)OC(C)C. The maximum absolute atomic E-state index is 9.77. The zero-order valence-electron chi connectivity index (χ0n) is 10.5. The van der Waals surface area contributed by atoms with Crippen LogP contribution in [0.25, 0.3) is 6.08 Å². The first-order valence-corrected chi connectivity index (χ1v) is 5.83. The molecule has 0 saturated carbocycles. The molecule has 92 valence electrons. The minimum Gasteiger partial charge on any atom is -0.496 e. The molecule has 0 saturated heterocycles. The summed E-state index contributed by atoms with van der Waals surface area (Å²) in [7, 11) is 0. The molecule has 1 aromatic rings. The first-order valence-electron chi connectivity index (χ1n) is 5.83. The maximum Gasteiger partial charge on any atom is 0.0926 e. The Labute approximate surface area is 103 Å². The second-order valence-electron chi connectivity index (χ2n) is 4.25. The van der Waals surface area contributed by atoms with E-state index in [0.29, 0.717) is 12.2 Å². The highest BCUT2D eigenvalue weighted by Gasteiger charge is 2.04. The first kappa shape index (κ1) is 13.5. The molecule has 2 heteroatoms. The van der Waals surface area contributed by atoms with Crippen molar-refractivity contribution < 1.29 is 9.84 Å². The van der Waals surface area contributed by atoms with Crippen molar-refractivity contribution in [1.82, 2.24) is 0 Å². The number of aliphatic hydroxyl groups excluding tert-OH is 1. The van der Waals surface area contributed by atoms with Crippen LogP contribution in [0.5, 0.6) is 0 Å². The maximum atomic E-state index is 9.77. The third kappa shape index (κ3) is 5.93. The first-order chi connectivity index (χ1) is 8.08. The van der Waals surface area contributed by atoms with E-state index in [9.17, 15) is 5.11 Å². The highest BCUT2D eigenvalue weighted by Crippen LogP contribution is 2.10. The van der Waals surface area contributed by atoms with Crippen LogP contribution in [0.2, 0.25) is 0 Å². The van der Waals surface area contributed by atoms with E-state index in [1.807, 2.05) is 50.3 Å². The lowest BCUT2D eigenvalue weighted by Gasteiger charge is -2.13. The fourth-order valence-corrected chi connectivity index (χ4v) is 1.47. The summed E-state index contributed by atoms with van der Waals surface area (Å²) < 4.78 is 5.38. The normalized spacial score (nSPS) is 12.9. The zero-order chi connectivity index (χ0) is 12.7. The van der Waals surface area contributed by atoms with Crippen molar-refractivity contribution in [3.8, 4) is 0 Å². The molecular weight excluding hydrogens is 212 g/mol. The largest absolute Gasteiger partial charge is 0.496 e. The summed E-state index contributed by atoms with van der Waals surface area (Å²) >= 11 is 0. The van der Waals surface area contributed by atoms with Crippen molar-refractivity contribution in [1.29, 1.82) is 0 Å². The summed E-state index contributed by atoms with van der Waals surface area (Å²) in [6.07, 6.45) is 3.63. The minimum absolute atomic E-state index is 0.104. The number of benzene rings is 1. The monoisotopic (exact) mass is 232 g/mol. The summed E-state index contributed by atoms with van der Waals surface area (Å²) in [6.45, 7) is 7.66. The van der Waals surface area contributed by atoms with Crippen molar-refractivity contribution in [2.75, 3.05) is 0 Å². The highest BCUT2D eigenvalue weighted by molar-refractivity contribution is 5.49. The molecule has 17 heavy (non-hydrogen) atoms. The summed E-state index contributed by atoms with van der Waals surface area (Å²) in [5.74, 6) is 0.616. The molecule has 0 amide bonds. The Kier molecular flexibility index (Phi) is 5.50. The fourth-order valence-electron chi connectivity index (χ4n) is 1.47. The van der Waals surface area contributed by atoms with Gasteiger partial charge < -0.3 is 9.84 Å². The van der Waals surface area contributed by atoms with Gasteiger partial charge in [-0.05, 0) is 19.4 Å². The predicted octanol–water partition coefficient (Wildman–Crippen LogP) is 3.39. The lowest BCUT2D eigenvalue weighted by Crippen LogP contribution is -2.08. The number of aliphatic hydroxyl groups is 1. The third-order valence-corrected chi connectivity index (χ3v) is 2.15. The van der Waals surface area contributed by atoms with E-state index in [2.05, 4.69) is 6.58 Å². The Morgan fingerprint density at radius 2 is 2.00 bits per heavy atom. The van der Waals surface area contributed by atoms with Gasteiger partial charge in [0.2, 0.25) is 0 Å². The van der Waals surface area contributed by atoms with Gasteiger partial charge in [0.05, 0.1) is 18.0 Å². The molecule has 0 spiro atoms. The molecule has 0 radical (unpaired) electrons. The van der Waals surface area contributed by atoms with Gasteiger partial charge in [0, 0.05) is 6.42 Å². The van der Waals surface area contributed by atoms with E-state index in [4.69, 9.17) is 4.74 Å². The van der Waals surface area contributed by atoms with E-state index >= 15 is 0 Å². The molecule has 0 aliphatic carbocycles. The van der Waals surface area contributed by atoms with Crippen molar-refractivity contribution in [3.05, 3.63) is 54.3 Å². The van der Waals surface area contributed by atoms with Crippen LogP contribution in [0.3, 0.4) is 0 Å². The van der Waals surface area contributed by atoms with E-state index in [1.54, 1.807) is 6.08 Å². The molecule has 0 aliphatic rings. The highest BCUT2D eigenvalue weighted by atomic mass is 16.5. The molecule has 0 aliphatic heterocycles. The molecule has 1 unspecified atom stereocenters. The molecular formula is C15H20O2. The van der Waals surface area contributed by atoms with Crippen LogP contribution in [-0.4, -0.2) is 17.3 Å². The average Bonchev–Trinajstić information content (AvgIpc) is 2.26. The van der Waals surface area contributed by atoms with E-state index in [1.165, 1.54) is 0 Å². The smallest absolute Gasteiger partial charge is 0.0926 e. The predicted molar refractivity (Wildman–Crippen MR) is 71.5 cm³/mol. The minimum atomic E-state index is -0.554. The number of hydrogen-bond acceptors (Lipinski definition) is 2. The average molecular weight is 232 g/mol. The Hall–Kier alpha value is -1.54. The molecule has 1 N–H and O–H groups in total. The number of ether oxygens (including phenoxy) is 1. The van der Waals surface area contributed by atoms with Gasteiger partial charge >= 0.3 is 0 Å². The Balaban J connectivity index is 2.42. The van der Waals surface area contributed by atoms with Gasteiger partial charge in [0.15, 0.2) is 0 Å². The van der Waals surface area contributed by atoms with Crippen LogP contribution in [-0.2, 0) is 4.74 Å². The zero-order valence-corrected chi connectivity index (χ0v) is 10.5. The second-order valence-corrected chi connectivity index (χ2v) is 4.25. The van der Waals surface area contributed by atoms with Gasteiger partial charge in [-0.2, -0.15) is 0 Å². The van der Waals surface area contributed by atoms with Crippen molar-refractivity contribution in [2.45, 2.75) is 32.5 Å². The Morgan fingerprint density at radius 3 is 2.59 bits per heavy atom. The van der Waals surface area contributed by atoms with Gasteiger partial charge in [-0.15, -0.1) is 0 Å². The summed E-state index contributed by atoms with van der Waals surface area (Å²) in [5, 5.41) is 9.77. The third-order valence-electron chi connectivity index (χ3n) is 2.15. The Morgan fingerprint density at radius 1 is 1.35 bits per heavy atom. The summed E-state index contributed by atoms with van der Waals surface area (Å²) in [6, 6.07) is 9.87. The molecule has 0 fully saturated rings. The van der Waals surface area contributed by atoms with Gasteiger partial charge in [-0.25, -0.2) is 0 Å². The fraction of sp³-hybridized carbons (Fsp3) is 0.333. The van der Waals surface area contributed by atoms with Gasteiger partial charge in [-0.3, -0.25) is 0 Å².